The summed E-state index contributed by atoms with van der Waals surface area (Å²) < 4.78 is 10.5. The lowest BCUT2D eigenvalue weighted by atomic mass is 10.1. The predicted molar refractivity (Wildman–Crippen MR) is 72.8 cm³/mol. The second kappa shape index (κ2) is 5.41. The molecule has 0 unspecified atom stereocenters. The van der Waals surface area contributed by atoms with Crippen molar-refractivity contribution in [3.63, 3.8) is 0 Å². The first-order valence-electron chi connectivity index (χ1n) is 6.86. The van der Waals surface area contributed by atoms with E-state index < -0.39 is 5.60 Å². The number of methoxy groups -OCH3 is 1. The summed E-state index contributed by atoms with van der Waals surface area (Å²) in [6.45, 7) is 6.51. The van der Waals surface area contributed by atoms with Crippen molar-refractivity contribution < 1.29 is 14.3 Å². The molecule has 0 spiro atoms. The number of nitrogens with one attached hydrogen (secondary N) is 1. The van der Waals surface area contributed by atoms with Gasteiger partial charge in [-0.05, 0) is 39.7 Å². The topological polar surface area (TPSA) is 50.8 Å². The highest BCUT2D eigenvalue weighted by molar-refractivity contribution is 5.70. The van der Waals surface area contributed by atoms with Crippen molar-refractivity contribution >= 4 is 6.09 Å². The molecular formula is C14H24N2O3. The van der Waals surface area contributed by atoms with Crippen molar-refractivity contribution in [3.8, 4) is 0 Å². The van der Waals surface area contributed by atoms with Crippen LogP contribution in [0.4, 0.5) is 4.79 Å². The minimum atomic E-state index is -0.445. The molecular weight excluding hydrogens is 244 g/mol. The van der Waals surface area contributed by atoms with Gasteiger partial charge in [0.15, 0.2) is 0 Å². The van der Waals surface area contributed by atoms with E-state index in [4.69, 9.17) is 9.47 Å². The molecule has 2 aliphatic rings. The fourth-order valence-electron chi connectivity index (χ4n) is 2.83. The molecule has 3 atom stereocenters. The van der Waals surface area contributed by atoms with Gasteiger partial charge in [-0.1, -0.05) is 0 Å². The monoisotopic (exact) mass is 268 g/mol. The van der Waals surface area contributed by atoms with Gasteiger partial charge in [-0.2, -0.15) is 0 Å². The molecule has 1 amide bonds. The van der Waals surface area contributed by atoms with Crippen molar-refractivity contribution in [2.24, 2.45) is 0 Å². The molecule has 2 fully saturated rings. The van der Waals surface area contributed by atoms with Gasteiger partial charge in [0.25, 0.3) is 0 Å². The number of rotatable bonds is 2. The highest BCUT2D eigenvalue weighted by Crippen LogP contribution is 2.31. The fraction of sp³-hybridized carbons (Fsp3) is 0.786. The van der Waals surface area contributed by atoms with Crippen molar-refractivity contribution in [1.82, 2.24) is 10.2 Å². The summed E-state index contributed by atoms with van der Waals surface area (Å²) in [5.74, 6) is 0. The van der Waals surface area contributed by atoms with Crippen LogP contribution in [0.15, 0.2) is 12.3 Å². The van der Waals surface area contributed by atoms with E-state index in [2.05, 4.69) is 5.32 Å². The maximum atomic E-state index is 12.3. The summed E-state index contributed by atoms with van der Waals surface area (Å²) in [6, 6.07) is 0.568. The molecule has 2 bridgehead atoms. The molecule has 0 aromatic carbocycles. The third-order valence-electron chi connectivity index (χ3n) is 3.58. The van der Waals surface area contributed by atoms with Crippen LogP contribution in [0.25, 0.3) is 0 Å². The van der Waals surface area contributed by atoms with Crippen molar-refractivity contribution in [3.05, 3.63) is 12.3 Å². The molecule has 2 aliphatic heterocycles. The van der Waals surface area contributed by atoms with Gasteiger partial charge in [-0.3, -0.25) is 4.90 Å². The van der Waals surface area contributed by atoms with Crippen LogP contribution in [0.5, 0.6) is 0 Å². The third-order valence-corrected chi connectivity index (χ3v) is 3.58. The van der Waals surface area contributed by atoms with Crippen LogP contribution in [0.1, 0.15) is 33.6 Å². The molecule has 2 rings (SSSR count). The van der Waals surface area contributed by atoms with Crippen LogP contribution < -0.4 is 5.32 Å². The van der Waals surface area contributed by atoms with Gasteiger partial charge in [0.1, 0.15) is 5.60 Å². The van der Waals surface area contributed by atoms with Crippen LogP contribution in [-0.2, 0) is 9.47 Å². The van der Waals surface area contributed by atoms with Crippen LogP contribution in [0.3, 0.4) is 0 Å². The number of ether oxygens (including phenoxy) is 2. The van der Waals surface area contributed by atoms with E-state index >= 15 is 0 Å². The van der Waals surface area contributed by atoms with Crippen LogP contribution in [0.2, 0.25) is 0 Å². The van der Waals surface area contributed by atoms with Gasteiger partial charge in [0.05, 0.1) is 19.4 Å². The Balaban J connectivity index is 2.08. The molecule has 0 aliphatic carbocycles. The zero-order valence-corrected chi connectivity index (χ0v) is 12.2. The zero-order chi connectivity index (χ0) is 14.0. The van der Waals surface area contributed by atoms with E-state index in [9.17, 15) is 4.79 Å². The van der Waals surface area contributed by atoms with Gasteiger partial charge in [0, 0.05) is 18.6 Å². The maximum Gasteiger partial charge on any atom is 0.410 e. The van der Waals surface area contributed by atoms with Crippen LogP contribution >= 0.6 is 0 Å². The lowest BCUT2D eigenvalue weighted by molar-refractivity contribution is 0.00667. The lowest BCUT2D eigenvalue weighted by Crippen LogP contribution is -2.59. The van der Waals surface area contributed by atoms with Crippen LogP contribution in [0, 0.1) is 0 Å². The molecule has 19 heavy (non-hydrogen) atoms. The molecule has 5 heteroatoms. The first-order chi connectivity index (χ1) is 8.92. The second-order valence-corrected chi connectivity index (χ2v) is 6.18. The van der Waals surface area contributed by atoms with E-state index in [0.717, 1.165) is 19.4 Å². The van der Waals surface area contributed by atoms with Crippen molar-refractivity contribution in [2.75, 3.05) is 13.7 Å². The average molecular weight is 268 g/mol. The first kappa shape index (κ1) is 14.2. The quantitative estimate of drug-likeness (QED) is 0.777. The normalized spacial score (nSPS) is 30.7. The number of piperazine rings is 1. The van der Waals surface area contributed by atoms with Crippen LogP contribution in [-0.4, -0.2) is 48.4 Å². The standard InChI is InChI=1S/C14H24N2O3/c1-14(2,3)19-13(17)16-10-5-6-12(16)11(15-9-10)7-8-18-4/h7-8,10-12,15H,5-6,9H2,1-4H3/b8-7+/t10-,11+,12+/m1/s1. The van der Waals surface area contributed by atoms with E-state index in [-0.39, 0.29) is 24.2 Å². The molecule has 108 valence electrons. The molecule has 2 heterocycles. The summed E-state index contributed by atoms with van der Waals surface area (Å²) in [4.78, 5) is 14.2. The number of hydrogen-bond donors (Lipinski definition) is 1. The van der Waals surface area contributed by atoms with E-state index in [1.165, 1.54) is 0 Å². The highest BCUT2D eigenvalue weighted by atomic mass is 16.6. The minimum absolute atomic E-state index is 0.145. The second-order valence-electron chi connectivity index (χ2n) is 6.18. The maximum absolute atomic E-state index is 12.3. The molecule has 1 N–H and O–H groups in total. The Labute approximate surface area is 114 Å². The molecule has 0 aromatic rings. The molecule has 0 aromatic heterocycles. The Bertz CT molecular complexity index is 362. The summed E-state index contributed by atoms with van der Waals surface area (Å²) >= 11 is 0. The molecule has 5 nitrogen and oxygen atoms in total. The van der Waals surface area contributed by atoms with Crippen molar-refractivity contribution in [1.29, 1.82) is 0 Å². The average Bonchev–Trinajstić information content (AvgIpc) is 2.62. The van der Waals surface area contributed by atoms with E-state index in [0.29, 0.717) is 0 Å². The Kier molecular flexibility index (Phi) is 4.04. The first-order valence-corrected chi connectivity index (χ1v) is 6.86. The smallest absolute Gasteiger partial charge is 0.410 e. The summed E-state index contributed by atoms with van der Waals surface area (Å²) in [5, 5.41) is 3.45. The van der Waals surface area contributed by atoms with Gasteiger partial charge in [-0.15, -0.1) is 0 Å². The number of carbonyl (C=O) groups is 1. The van der Waals surface area contributed by atoms with Gasteiger partial charge >= 0.3 is 6.09 Å². The molecule has 2 saturated heterocycles. The van der Waals surface area contributed by atoms with Gasteiger partial charge in [-0.25, -0.2) is 4.79 Å². The molecule has 0 radical (unpaired) electrons. The summed E-state index contributed by atoms with van der Waals surface area (Å²) in [7, 11) is 1.63. The fourth-order valence-corrected chi connectivity index (χ4v) is 2.83. The molecule has 0 saturated carbocycles. The third kappa shape index (κ3) is 3.21. The number of hydrogen-bond acceptors (Lipinski definition) is 4. The lowest BCUT2D eigenvalue weighted by Gasteiger charge is -2.40. The Hall–Kier alpha value is -1.23. The Morgan fingerprint density at radius 2 is 2.11 bits per heavy atom. The number of fused-ring (bicyclic) bond motifs is 2. The number of amides is 1. The zero-order valence-electron chi connectivity index (χ0n) is 12.2. The van der Waals surface area contributed by atoms with Gasteiger partial charge < -0.3 is 14.8 Å². The van der Waals surface area contributed by atoms with Crippen molar-refractivity contribution in [2.45, 2.75) is 57.3 Å². The summed E-state index contributed by atoms with van der Waals surface area (Å²) in [6.07, 6.45) is 5.49. The van der Waals surface area contributed by atoms with E-state index in [1.807, 2.05) is 31.7 Å². The minimum Gasteiger partial charge on any atom is -0.505 e. The number of nitrogens with zero attached hydrogens (tertiary/aromatic N) is 1. The van der Waals surface area contributed by atoms with Gasteiger partial charge in [0.2, 0.25) is 0 Å². The highest BCUT2D eigenvalue weighted by Gasteiger charge is 2.45. The number of carbonyl (C=O) groups excluding carboxylic acids is 1. The van der Waals surface area contributed by atoms with E-state index in [1.54, 1.807) is 13.4 Å². The SMILES string of the molecule is CO/C=C/[C@@H]1NC[C@H]2CC[C@@H]1N2C(=O)OC(C)(C)C. The predicted octanol–water partition coefficient (Wildman–Crippen LogP) is 1.89. The summed E-state index contributed by atoms with van der Waals surface area (Å²) in [5.41, 5.74) is -0.445. The Morgan fingerprint density at radius 1 is 1.37 bits per heavy atom. The largest absolute Gasteiger partial charge is 0.505 e. The Morgan fingerprint density at radius 3 is 2.74 bits per heavy atom.